The topological polar surface area (TPSA) is 48.4 Å². The van der Waals surface area contributed by atoms with Gasteiger partial charge in [-0.3, -0.25) is 0 Å². The van der Waals surface area contributed by atoms with Gasteiger partial charge in [-0.1, -0.05) is 0 Å². The van der Waals surface area contributed by atoms with Crippen molar-refractivity contribution in [3.05, 3.63) is 22.6 Å². The number of hydrogen-bond donors (Lipinski definition) is 1. The lowest BCUT2D eigenvalue weighted by molar-refractivity contribution is -0.0315. The van der Waals surface area contributed by atoms with Crippen molar-refractivity contribution in [3.63, 3.8) is 0 Å². The first-order valence-electron chi connectivity index (χ1n) is 4.76. The van der Waals surface area contributed by atoms with Crippen LogP contribution in [0, 0.1) is 0 Å². The van der Waals surface area contributed by atoms with E-state index in [1.165, 1.54) is 0 Å². The molecule has 0 aliphatic carbocycles. The molecule has 2 unspecified atom stereocenters. The lowest BCUT2D eigenvalue weighted by atomic mass is 10.0. The van der Waals surface area contributed by atoms with Crippen LogP contribution in [-0.4, -0.2) is 12.1 Å². The molecule has 1 fully saturated rings. The highest BCUT2D eigenvalue weighted by Gasteiger charge is 2.36. The first-order chi connectivity index (χ1) is 6.63. The number of hydrogen-bond acceptors (Lipinski definition) is 3. The molecule has 0 radical (unpaired) electrons. The number of ether oxygens (including phenoxy) is 1. The van der Waals surface area contributed by atoms with E-state index in [2.05, 4.69) is 15.9 Å². The maximum Gasteiger partial charge on any atom is 0.169 e. The molecule has 3 nitrogen and oxygen atoms in total. The molecule has 1 aromatic rings. The Hall–Kier alpha value is -0.320. The molecule has 2 rings (SSSR count). The van der Waals surface area contributed by atoms with Gasteiger partial charge in [-0.2, -0.15) is 0 Å². The zero-order valence-corrected chi connectivity index (χ0v) is 9.71. The molecule has 0 aromatic carbocycles. The van der Waals surface area contributed by atoms with Gasteiger partial charge in [0.2, 0.25) is 0 Å². The molecule has 0 bridgehead atoms. The minimum absolute atomic E-state index is 0.0647. The highest BCUT2D eigenvalue weighted by molar-refractivity contribution is 9.10. The minimum Gasteiger partial charge on any atom is -0.452 e. The maximum atomic E-state index is 5.86. The van der Waals surface area contributed by atoms with E-state index >= 15 is 0 Å². The molecule has 14 heavy (non-hydrogen) atoms. The Balaban J connectivity index is 2.09. The van der Waals surface area contributed by atoms with E-state index in [1.807, 2.05) is 19.1 Å². The molecule has 78 valence electrons. The summed E-state index contributed by atoms with van der Waals surface area (Å²) in [6.45, 7) is 2.61. The lowest BCUT2D eigenvalue weighted by Crippen LogP contribution is -2.33. The van der Waals surface area contributed by atoms with E-state index in [-0.39, 0.29) is 11.7 Å². The van der Waals surface area contributed by atoms with Crippen LogP contribution in [0.1, 0.15) is 31.6 Å². The third kappa shape index (κ3) is 1.87. The molecular formula is C10H14BrNO2. The SMILES string of the molecule is CC1(CN)CCC(c2ccc(Br)o2)O1. The fourth-order valence-electron chi connectivity index (χ4n) is 1.75. The van der Waals surface area contributed by atoms with Crippen molar-refractivity contribution >= 4 is 15.9 Å². The lowest BCUT2D eigenvalue weighted by Gasteiger charge is -2.21. The van der Waals surface area contributed by atoms with Gasteiger partial charge in [-0.15, -0.1) is 0 Å². The highest BCUT2D eigenvalue weighted by atomic mass is 79.9. The molecule has 1 aliphatic rings. The standard InChI is InChI=1S/C10H14BrNO2/c1-10(6-12)5-4-8(14-10)7-2-3-9(11)13-7/h2-3,8H,4-6,12H2,1H3. The monoisotopic (exact) mass is 259 g/mol. The van der Waals surface area contributed by atoms with Crippen LogP contribution in [0.4, 0.5) is 0 Å². The van der Waals surface area contributed by atoms with Gasteiger partial charge in [-0.05, 0) is 47.8 Å². The predicted octanol–water partition coefficient (Wildman–Crippen LogP) is 2.61. The van der Waals surface area contributed by atoms with E-state index in [0.717, 1.165) is 23.3 Å². The van der Waals surface area contributed by atoms with Crippen LogP contribution >= 0.6 is 15.9 Å². The summed E-state index contributed by atoms with van der Waals surface area (Å²) >= 11 is 3.28. The largest absolute Gasteiger partial charge is 0.452 e. The van der Waals surface area contributed by atoms with E-state index in [1.54, 1.807) is 0 Å². The molecule has 2 N–H and O–H groups in total. The van der Waals surface area contributed by atoms with Crippen LogP contribution in [0.15, 0.2) is 21.2 Å². The quantitative estimate of drug-likeness (QED) is 0.889. The van der Waals surface area contributed by atoms with Gasteiger partial charge in [-0.25, -0.2) is 0 Å². The van der Waals surface area contributed by atoms with Crippen LogP contribution in [0.5, 0.6) is 0 Å². The Morgan fingerprint density at radius 1 is 1.64 bits per heavy atom. The summed E-state index contributed by atoms with van der Waals surface area (Å²) in [7, 11) is 0. The number of nitrogens with two attached hydrogens (primary N) is 1. The van der Waals surface area contributed by atoms with Gasteiger partial charge in [0.15, 0.2) is 4.67 Å². The maximum absolute atomic E-state index is 5.86. The van der Waals surface area contributed by atoms with E-state index in [4.69, 9.17) is 14.9 Å². The van der Waals surface area contributed by atoms with Crippen molar-refractivity contribution in [1.82, 2.24) is 0 Å². The average Bonchev–Trinajstić information content (AvgIpc) is 2.73. The first kappa shape index (κ1) is 10.2. The fraction of sp³-hybridized carbons (Fsp3) is 0.600. The van der Waals surface area contributed by atoms with Gasteiger partial charge in [0.25, 0.3) is 0 Å². The van der Waals surface area contributed by atoms with Gasteiger partial charge in [0.1, 0.15) is 11.9 Å². The molecule has 1 saturated heterocycles. The van der Waals surface area contributed by atoms with E-state index in [9.17, 15) is 0 Å². The zero-order valence-electron chi connectivity index (χ0n) is 8.13. The van der Waals surface area contributed by atoms with E-state index < -0.39 is 0 Å². The molecular weight excluding hydrogens is 246 g/mol. The number of furan rings is 1. The summed E-state index contributed by atoms with van der Waals surface area (Å²) in [5.41, 5.74) is 5.47. The third-order valence-corrected chi connectivity index (χ3v) is 3.13. The Labute approximate surface area is 91.7 Å². The van der Waals surface area contributed by atoms with Crippen molar-refractivity contribution in [2.45, 2.75) is 31.5 Å². The molecule has 1 aromatic heterocycles. The van der Waals surface area contributed by atoms with Crippen LogP contribution in [0.3, 0.4) is 0 Å². The van der Waals surface area contributed by atoms with Crippen LogP contribution in [0.25, 0.3) is 0 Å². The molecule has 4 heteroatoms. The fourth-order valence-corrected chi connectivity index (χ4v) is 2.07. The summed E-state index contributed by atoms with van der Waals surface area (Å²) in [5, 5.41) is 0. The van der Waals surface area contributed by atoms with Crippen LogP contribution in [0.2, 0.25) is 0 Å². The third-order valence-electron chi connectivity index (χ3n) is 2.71. The number of halogens is 1. The van der Waals surface area contributed by atoms with Crippen molar-refractivity contribution < 1.29 is 9.15 Å². The second-order valence-corrected chi connectivity index (χ2v) is 4.72. The molecule has 0 amide bonds. The molecule has 2 atom stereocenters. The summed E-state index contributed by atoms with van der Waals surface area (Å²) in [5.74, 6) is 0.883. The molecule has 0 spiro atoms. The van der Waals surface area contributed by atoms with E-state index in [0.29, 0.717) is 6.54 Å². The van der Waals surface area contributed by atoms with Crippen LogP contribution in [-0.2, 0) is 4.74 Å². The highest BCUT2D eigenvalue weighted by Crippen LogP contribution is 2.39. The normalized spacial score (nSPS) is 32.4. The van der Waals surface area contributed by atoms with Gasteiger partial charge in [0.05, 0.1) is 5.60 Å². The summed E-state index contributed by atoms with van der Waals surface area (Å²) in [6, 6.07) is 3.83. The summed E-state index contributed by atoms with van der Waals surface area (Å²) in [4.78, 5) is 0. The number of rotatable bonds is 2. The van der Waals surface area contributed by atoms with Crippen molar-refractivity contribution in [2.24, 2.45) is 5.73 Å². The second-order valence-electron chi connectivity index (χ2n) is 3.94. The van der Waals surface area contributed by atoms with Gasteiger partial charge >= 0.3 is 0 Å². The first-order valence-corrected chi connectivity index (χ1v) is 5.55. The second kappa shape index (κ2) is 3.68. The zero-order chi connectivity index (χ0) is 10.2. The smallest absolute Gasteiger partial charge is 0.169 e. The van der Waals surface area contributed by atoms with Crippen molar-refractivity contribution in [3.8, 4) is 0 Å². The van der Waals surface area contributed by atoms with Crippen molar-refractivity contribution in [1.29, 1.82) is 0 Å². The Bertz CT molecular complexity index is 326. The van der Waals surface area contributed by atoms with Crippen LogP contribution < -0.4 is 5.73 Å². The molecule has 1 aliphatic heterocycles. The summed E-state index contributed by atoms with van der Waals surface area (Å²) < 4.78 is 12.1. The predicted molar refractivity (Wildman–Crippen MR) is 56.9 cm³/mol. The Kier molecular flexibility index (Phi) is 2.68. The molecule has 0 saturated carbocycles. The minimum atomic E-state index is -0.177. The van der Waals surface area contributed by atoms with Gasteiger partial charge in [0, 0.05) is 6.54 Å². The van der Waals surface area contributed by atoms with Gasteiger partial charge < -0.3 is 14.9 Å². The Morgan fingerprint density at radius 3 is 2.93 bits per heavy atom. The average molecular weight is 260 g/mol. The molecule has 2 heterocycles. The Morgan fingerprint density at radius 2 is 2.43 bits per heavy atom. The summed E-state index contributed by atoms with van der Waals surface area (Å²) in [6.07, 6.45) is 2.04. The van der Waals surface area contributed by atoms with Crippen molar-refractivity contribution in [2.75, 3.05) is 6.54 Å².